The summed E-state index contributed by atoms with van der Waals surface area (Å²) in [4.78, 5) is 2.28. The van der Waals surface area contributed by atoms with Crippen molar-refractivity contribution in [3.8, 4) is 11.5 Å². The third-order valence-corrected chi connectivity index (χ3v) is 4.43. The van der Waals surface area contributed by atoms with Crippen LogP contribution in [0.3, 0.4) is 0 Å². The number of halogens is 1. The molecular formula is C22H22ClNO2. The molecule has 4 rings (SSSR count). The highest BCUT2D eigenvalue weighted by molar-refractivity contribution is 5.90. The topological polar surface area (TPSA) is 21.7 Å². The molecule has 134 valence electrons. The minimum atomic E-state index is 0. The first-order valence-electron chi connectivity index (χ1n) is 8.51. The van der Waals surface area contributed by atoms with Gasteiger partial charge in [-0.1, -0.05) is 60.7 Å². The van der Waals surface area contributed by atoms with Crippen molar-refractivity contribution in [1.29, 1.82) is 0 Å². The molecule has 0 atom stereocenters. The summed E-state index contributed by atoms with van der Waals surface area (Å²) >= 11 is 0. The second kappa shape index (κ2) is 8.26. The number of fused-ring (bicyclic) bond motifs is 2. The molecule has 0 amide bonds. The summed E-state index contributed by atoms with van der Waals surface area (Å²) in [6.45, 7) is 2.08. The zero-order valence-corrected chi connectivity index (χ0v) is 15.5. The summed E-state index contributed by atoms with van der Waals surface area (Å²) in [6, 6.07) is 21.1. The molecule has 0 N–H and O–H groups in total. The summed E-state index contributed by atoms with van der Waals surface area (Å²) < 4.78 is 10.8. The van der Waals surface area contributed by atoms with Crippen LogP contribution < -0.4 is 9.47 Å². The highest BCUT2D eigenvalue weighted by atomic mass is 35.5. The molecule has 0 radical (unpaired) electrons. The lowest BCUT2D eigenvalue weighted by molar-refractivity contribution is 0.174. The van der Waals surface area contributed by atoms with Gasteiger partial charge in [-0.2, -0.15) is 0 Å². The molecule has 1 aliphatic rings. The largest absolute Gasteiger partial charge is 0.454 e. The molecule has 0 fully saturated rings. The number of hydrogen-bond donors (Lipinski definition) is 0. The molecule has 3 nitrogen and oxygen atoms in total. The summed E-state index contributed by atoms with van der Waals surface area (Å²) in [5.74, 6) is 1.68. The normalized spacial score (nSPS) is 12.7. The smallest absolute Gasteiger partial charge is 0.231 e. The van der Waals surface area contributed by atoms with Gasteiger partial charge in [0.2, 0.25) is 6.79 Å². The predicted molar refractivity (Wildman–Crippen MR) is 109 cm³/mol. The van der Waals surface area contributed by atoms with E-state index in [-0.39, 0.29) is 12.4 Å². The van der Waals surface area contributed by atoms with Crippen molar-refractivity contribution in [2.45, 2.75) is 6.54 Å². The van der Waals surface area contributed by atoms with Gasteiger partial charge >= 0.3 is 0 Å². The minimum Gasteiger partial charge on any atom is -0.454 e. The number of rotatable bonds is 5. The van der Waals surface area contributed by atoms with E-state index in [1.807, 2.05) is 6.07 Å². The molecule has 1 heterocycles. The molecule has 0 saturated carbocycles. The average molecular weight is 368 g/mol. The van der Waals surface area contributed by atoms with Gasteiger partial charge in [-0.25, -0.2) is 0 Å². The molecule has 0 bridgehead atoms. The van der Waals surface area contributed by atoms with E-state index in [2.05, 4.69) is 78.7 Å². The van der Waals surface area contributed by atoms with Crippen LogP contribution in [0.4, 0.5) is 0 Å². The third kappa shape index (κ3) is 4.01. The monoisotopic (exact) mass is 367 g/mol. The van der Waals surface area contributed by atoms with Crippen molar-refractivity contribution >= 4 is 29.3 Å². The molecule has 0 saturated heterocycles. The van der Waals surface area contributed by atoms with Gasteiger partial charge in [-0.3, -0.25) is 4.90 Å². The Morgan fingerprint density at radius 3 is 2.69 bits per heavy atom. The lowest BCUT2D eigenvalue weighted by Gasteiger charge is -2.14. The van der Waals surface area contributed by atoms with Crippen molar-refractivity contribution in [2.75, 3.05) is 20.4 Å². The quantitative estimate of drug-likeness (QED) is 0.623. The Balaban J connectivity index is 0.00000196. The Bertz CT molecular complexity index is 918. The third-order valence-electron chi connectivity index (χ3n) is 4.43. The molecular weight excluding hydrogens is 346 g/mol. The van der Waals surface area contributed by atoms with E-state index in [4.69, 9.17) is 9.47 Å². The number of hydrogen-bond acceptors (Lipinski definition) is 3. The van der Waals surface area contributed by atoms with Gasteiger partial charge in [0.1, 0.15) is 0 Å². The van der Waals surface area contributed by atoms with Gasteiger partial charge in [0, 0.05) is 13.1 Å². The highest BCUT2D eigenvalue weighted by Crippen LogP contribution is 2.32. The SMILES string of the molecule is CN(C/C=C/c1cccc2ccccc12)Cc1ccc2c(c1)OCO2.Cl. The van der Waals surface area contributed by atoms with Crippen LogP contribution in [-0.4, -0.2) is 25.3 Å². The zero-order valence-electron chi connectivity index (χ0n) is 14.7. The second-order valence-electron chi connectivity index (χ2n) is 6.36. The molecule has 0 spiro atoms. The van der Waals surface area contributed by atoms with E-state index in [0.29, 0.717) is 6.79 Å². The number of nitrogens with zero attached hydrogens (tertiary/aromatic N) is 1. The number of benzene rings is 3. The number of ether oxygens (including phenoxy) is 2. The van der Waals surface area contributed by atoms with Crippen LogP contribution in [-0.2, 0) is 6.54 Å². The fourth-order valence-electron chi connectivity index (χ4n) is 3.17. The van der Waals surface area contributed by atoms with E-state index in [9.17, 15) is 0 Å². The van der Waals surface area contributed by atoms with E-state index >= 15 is 0 Å². The first kappa shape index (κ1) is 18.3. The van der Waals surface area contributed by atoms with Crippen LogP contribution in [0.2, 0.25) is 0 Å². The Hall–Kier alpha value is -2.49. The minimum absolute atomic E-state index is 0. The maximum Gasteiger partial charge on any atom is 0.231 e. The predicted octanol–water partition coefficient (Wildman–Crippen LogP) is 5.14. The average Bonchev–Trinajstić information content (AvgIpc) is 3.10. The summed E-state index contributed by atoms with van der Waals surface area (Å²) in [6.07, 6.45) is 4.42. The van der Waals surface area contributed by atoms with Gasteiger partial charge in [0.25, 0.3) is 0 Å². The fourth-order valence-corrected chi connectivity index (χ4v) is 3.17. The van der Waals surface area contributed by atoms with E-state index in [1.165, 1.54) is 21.9 Å². The molecule has 26 heavy (non-hydrogen) atoms. The van der Waals surface area contributed by atoms with Crippen LogP contribution in [0, 0.1) is 0 Å². The van der Waals surface area contributed by atoms with Crippen LogP contribution in [0.15, 0.2) is 66.7 Å². The van der Waals surface area contributed by atoms with Crippen LogP contribution in [0.5, 0.6) is 11.5 Å². The number of likely N-dealkylation sites (N-methyl/N-ethyl adjacent to an activating group) is 1. The van der Waals surface area contributed by atoms with Gasteiger partial charge in [0.15, 0.2) is 11.5 Å². The molecule has 0 aromatic heterocycles. The van der Waals surface area contributed by atoms with E-state index in [1.54, 1.807) is 0 Å². The Morgan fingerprint density at radius 2 is 1.77 bits per heavy atom. The second-order valence-corrected chi connectivity index (χ2v) is 6.36. The maximum absolute atomic E-state index is 5.45. The lowest BCUT2D eigenvalue weighted by atomic mass is 10.0. The Labute approximate surface area is 160 Å². The molecule has 4 heteroatoms. The molecule has 1 aliphatic heterocycles. The van der Waals surface area contributed by atoms with Crippen molar-refractivity contribution in [3.63, 3.8) is 0 Å². The summed E-state index contributed by atoms with van der Waals surface area (Å²) in [5, 5.41) is 2.57. The first-order valence-corrected chi connectivity index (χ1v) is 8.51. The Morgan fingerprint density at radius 1 is 0.962 bits per heavy atom. The van der Waals surface area contributed by atoms with Gasteiger partial charge in [0.05, 0.1) is 0 Å². The van der Waals surface area contributed by atoms with Crippen LogP contribution in [0.1, 0.15) is 11.1 Å². The van der Waals surface area contributed by atoms with E-state index < -0.39 is 0 Å². The Kier molecular flexibility index (Phi) is 5.82. The zero-order chi connectivity index (χ0) is 17.1. The molecule has 0 unspecified atom stereocenters. The van der Waals surface area contributed by atoms with Crippen molar-refractivity contribution in [3.05, 3.63) is 77.9 Å². The van der Waals surface area contributed by atoms with Crippen molar-refractivity contribution < 1.29 is 9.47 Å². The fraction of sp³-hybridized carbons (Fsp3) is 0.182. The van der Waals surface area contributed by atoms with Crippen molar-refractivity contribution in [1.82, 2.24) is 4.90 Å². The first-order chi connectivity index (χ1) is 12.3. The van der Waals surface area contributed by atoms with Crippen molar-refractivity contribution in [2.24, 2.45) is 0 Å². The summed E-state index contributed by atoms with van der Waals surface area (Å²) in [5.41, 5.74) is 2.49. The van der Waals surface area contributed by atoms with Gasteiger partial charge in [-0.15, -0.1) is 12.4 Å². The standard InChI is InChI=1S/C22H21NO2.ClH/c1-23(15-17-11-12-21-22(14-17)25-16-24-21)13-5-9-19-8-4-7-18-6-2-3-10-20(18)19;/h2-12,14H,13,15-16H2,1H3;1H/b9-5+;. The molecule has 0 aliphatic carbocycles. The maximum atomic E-state index is 5.45. The molecule has 3 aromatic rings. The van der Waals surface area contributed by atoms with Gasteiger partial charge < -0.3 is 9.47 Å². The summed E-state index contributed by atoms with van der Waals surface area (Å²) in [7, 11) is 2.12. The highest BCUT2D eigenvalue weighted by Gasteiger charge is 2.13. The molecule has 3 aromatic carbocycles. The lowest BCUT2D eigenvalue weighted by Crippen LogP contribution is -2.17. The van der Waals surface area contributed by atoms with Gasteiger partial charge in [-0.05, 0) is 41.1 Å². The van der Waals surface area contributed by atoms with E-state index in [0.717, 1.165) is 24.6 Å². The van der Waals surface area contributed by atoms with Crippen LogP contribution >= 0.6 is 12.4 Å². The van der Waals surface area contributed by atoms with Crippen LogP contribution in [0.25, 0.3) is 16.8 Å².